The van der Waals surface area contributed by atoms with Gasteiger partial charge >= 0.3 is 5.97 Å². The highest BCUT2D eigenvalue weighted by atomic mass is 16.5. The van der Waals surface area contributed by atoms with Crippen molar-refractivity contribution >= 4 is 17.3 Å². The maximum atomic E-state index is 12.0. The second-order valence-corrected chi connectivity index (χ2v) is 5.09. The molecular weight excluding hydrogens is 240 g/mol. The molecule has 1 atom stereocenters. The lowest BCUT2D eigenvalue weighted by Crippen LogP contribution is -2.19. The van der Waals surface area contributed by atoms with Crippen molar-refractivity contribution in [2.75, 3.05) is 11.1 Å². The second kappa shape index (κ2) is 7.02. The van der Waals surface area contributed by atoms with Crippen molar-refractivity contribution in [1.82, 2.24) is 0 Å². The van der Waals surface area contributed by atoms with Crippen LogP contribution in [0.1, 0.15) is 50.9 Å². The molecule has 3 N–H and O–H groups in total. The number of carbonyl (C=O) groups excluding carboxylic acids is 1. The molecule has 0 aromatic heterocycles. The van der Waals surface area contributed by atoms with E-state index >= 15 is 0 Å². The Bertz CT molecular complexity index is 430. The molecule has 0 unspecified atom stereocenters. The molecule has 106 valence electrons. The van der Waals surface area contributed by atoms with Gasteiger partial charge in [-0.1, -0.05) is 13.3 Å². The zero-order valence-corrected chi connectivity index (χ0v) is 12.2. The van der Waals surface area contributed by atoms with Crippen molar-refractivity contribution < 1.29 is 9.53 Å². The summed E-state index contributed by atoms with van der Waals surface area (Å²) in [6, 6.07) is 5.58. The number of rotatable bonds is 6. The van der Waals surface area contributed by atoms with E-state index in [-0.39, 0.29) is 12.1 Å². The summed E-state index contributed by atoms with van der Waals surface area (Å²) in [5, 5.41) is 3.34. The molecule has 1 rings (SSSR count). The first-order valence-electron chi connectivity index (χ1n) is 6.81. The van der Waals surface area contributed by atoms with Crippen LogP contribution >= 0.6 is 0 Å². The average molecular weight is 264 g/mol. The summed E-state index contributed by atoms with van der Waals surface area (Å²) in [7, 11) is 0. The number of nitrogens with one attached hydrogen (secondary N) is 1. The lowest BCUT2D eigenvalue weighted by molar-refractivity contribution is 0.0379. The van der Waals surface area contributed by atoms with E-state index in [1.54, 1.807) is 12.1 Å². The zero-order valence-electron chi connectivity index (χ0n) is 12.2. The van der Waals surface area contributed by atoms with E-state index < -0.39 is 0 Å². The molecule has 4 nitrogen and oxygen atoms in total. The fraction of sp³-hybridized carbons (Fsp3) is 0.533. The molecule has 0 aliphatic carbocycles. The highest BCUT2D eigenvalue weighted by Crippen LogP contribution is 2.22. The molecule has 0 bridgehead atoms. The van der Waals surface area contributed by atoms with Crippen LogP contribution < -0.4 is 11.1 Å². The van der Waals surface area contributed by atoms with Crippen LogP contribution in [0.25, 0.3) is 0 Å². The van der Waals surface area contributed by atoms with Crippen LogP contribution in [-0.2, 0) is 4.74 Å². The van der Waals surface area contributed by atoms with Gasteiger partial charge in [-0.2, -0.15) is 0 Å². The summed E-state index contributed by atoms with van der Waals surface area (Å²) in [5.41, 5.74) is 7.59. The first-order chi connectivity index (χ1) is 8.93. The summed E-state index contributed by atoms with van der Waals surface area (Å²) in [4.78, 5) is 12.0. The number of anilines is 2. The smallest absolute Gasteiger partial charge is 0.340 e. The van der Waals surface area contributed by atoms with E-state index in [1.807, 2.05) is 19.9 Å². The topological polar surface area (TPSA) is 64.3 Å². The maximum absolute atomic E-state index is 12.0. The molecule has 0 aliphatic rings. The lowest BCUT2D eigenvalue weighted by atomic mass is 10.1. The quantitative estimate of drug-likeness (QED) is 0.610. The summed E-state index contributed by atoms with van der Waals surface area (Å²) < 4.78 is 5.24. The number of nitrogens with two attached hydrogens (primary N) is 1. The van der Waals surface area contributed by atoms with Crippen LogP contribution in [-0.4, -0.2) is 18.1 Å². The van der Waals surface area contributed by atoms with Crippen molar-refractivity contribution in [3.05, 3.63) is 23.8 Å². The molecule has 1 aromatic carbocycles. The summed E-state index contributed by atoms with van der Waals surface area (Å²) in [6.45, 7) is 7.89. The van der Waals surface area contributed by atoms with Gasteiger partial charge in [-0.3, -0.25) is 0 Å². The van der Waals surface area contributed by atoms with E-state index in [9.17, 15) is 4.79 Å². The van der Waals surface area contributed by atoms with Gasteiger partial charge in [0.1, 0.15) is 0 Å². The van der Waals surface area contributed by atoms with Crippen molar-refractivity contribution in [2.45, 2.75) is 52.7 Å². The predicted molar refractivity (Wildman–Crippen MR) is 79.4 cm³/mol. The summed E-state index contributed by atoms with van der Waals surface area (Å²) in [6.07, 6.45) is 1.99. The number of hydrogen-bond acceptors (Lipinski definition) is 4. The Balaban J connectivity index is 2.94. The number of esters is 1. The monoisotopic (exact) mass is 264 g/mol. The standard InChI is InChI=1S/C15H24N2O2/c1-5-6-11(4)17-14-8-7-12(16)9-13(14)15(18)19-10(2)3/h7-11,17H,5-6,16H2,1-4H3/t11-/m1/s1. The third-order valence-electron chi connectivity index (χ3n) is 2.73. The fourth-order valence-corrected chi connectivity index (χ4v) is 1.90. The number of benzene rings is 1. The highest BCUT2D eigenvalue weighted by Gasteiger charge is 2.16. The molecule has 1 aromatic rings. The molecular formula is C15H24N2O2. The van der Waals surface area contributed by atoms with Crippen molar-refractivity contribution in [3.63, 3.8) is 0 Å². The molecule has 0 radical (unpaired) electrons. The van der Waals surface area contributed by atoms with Gasteiger partial charge in [0.2, 0.25) is 0 Å². The Labute approximate surface area is 115 Å². The summed E-state index contributed by atoms with van der Waals surface area (Å²) in [5.74, 6) is -0.339. The van der Waals surface area contributed by atoms with Crippen LogP contribution in [0, 0.1) is 0 Å². The van der Waals surface area contributed by atoms with Crippen molar-refractivity contribution in [2.24, 2.45) is 0 Å². The second-order valence-electron chi connectivity index (χ2n) is 5.09. The van der Waals surface area contributed by atoms with E-state index in [0.717, 1.165) is 18.5 Å². The minimum Gasteiger partial charge on any atom is -0.459 e. The van der Waals surface area contributed by atoms with Gasteiger partial charge in [0.15, 0.2) is 0 Å². The summed E-state index contributed by atoms with van der Waals surface area (Å²) >= 11 is 0. The molecule has 0 spiro atoms. The van der Waals surface area contributed by atoms with Crippen LogP contribution in [0.3, 0.4) is 0 Å². The van der Waals surface area contributed by atoms with E-state index in [1.165, 1.54) is 0 Å². The largest absolute Gasteiger partial charge is 0.459 e. The fourth-order valence-electron chi connectivity index (χ4n) is 1.90. The van der Waals surface area contributed by atoms with Crippen LogP contribution in [0.5, 0.6) is 0 Å². The number of hydrogen-bond donors (Lipinski definition) is 2. The minimum atomic E-state index is -0.339. The molecule has 4 heteroatoms. The molecule has 0 saturated carbocycles. The van der Waals surface area contributed by atoms with E-state index in [0.29, 0.717) is 17.3 Å². The molecule has 0 heterocycles. The maximum Gasteiger partial charge on any atom is 0.340 e. The van der Waals surface area contributed by atoms with Gasteiger partial charge in [0.05, 0.1) is 11.7 Å². The Morgan fingerprint density at radius 2 is 2.05 bits per heavy atom. The average Bonchev–Trinajstić information content (AvgIpc) is 2.30. The SMILES string of the molecule is CCC[C@@H](C)Nc1ccc(N)cc1C(=O)OC(C)C. The highest BCUT2D eigenvalue weighted by molar-refractivity contribution is 5.96. The van der Waals surface area contributed by atoms with Crippen molar-refractivity contribution in [3.8, 4) is 0 Å². The van der Waals surface area contributed by atoms with Crippen LogP contribution in [0.15, 0.2) is 18.2 Å². The van der Waals surface area contributed by atoms with Gasteiger partial charge in [0, 0.05) is 17.4 Å². The molecule has 0 fully saturated rings. The van der Waals surface area contributed by atoms with Crippen LogP contribution in [0.2, 0.25) is 0 Å². The number of ether oxygens (including phenoxy) is 1. The number of nitrogen functional groups attached to an aromatic ring is 1. The van der Waals surface area contributed by atoms with Gasteiger partial charge in [-0.05, 0) is 45.4 Å². The Kier molecular flexibility index (Phi) is 5.67. The number of carbonyl (C=O) groups is 1. The van der Waals surface area contributed by atoms with Crippen LogP contribution in [0.4, 0.5) is 11.4 Å². The van der Waals surface area contributed by atoms with Crippen molar-refractivity contribution in [1.29, 1.82) is 0 Å². The van der Waals surface area contributed by atoms with Gasteiger partial charge in [0.25, 0.3) is 0 Å². The normalized spacial score (nSPS) is 12.3. The van der Waals surface area contributed by atoms with E-state index in [4.69, 9.17) is 10.5 Å². The zero-order chi connectivity index (χ0) is 14.4. The lowest BCUT2D eigenvalue weighted by Gasteiger charge is -2.18. The molecule has 0 aliphatic heterocycles. The molecule has 19 heavy (non-hydrogen) atoms. The molecule has 0 saturated heterocycles. The van der Waals surface area contributed by atoms with E-state index in [2.05, 4.69) is 19.2 Å². The molecule has 0 amide bonds. The van der Waals surface area contributed by atoms with Gasteiger partial charge in [-0.15, -0.1) is 0 Å². The Morgan fingerprint density at radius 3 is 2.63 bits per heavy atom. The Hall–Kier alpha value is -1.71. The van der Waals surface area contributed by atoms with Gasteiger partial charge < -0.3 is 15.8 Å². The minimum absolute atomic E-state index is 0.144. The predicted octanol–water partition coefficient (Wildman–Crippen LogP) is 3.43. The first-order valence-corrected chi connectivity index (χ1v) is 6.81. The van der Waals surface area contributed by atoms with Gasteiger partial charge in [-0.25, -0.2) is 4.79 Å². The third-order valence-corrected chi connectivity index (χ3v) is 2.73. The third kappa shape index (κ3) is 4.81. The first kappa shape index (κ1) is 15.3. The Morgan fingerprint density at radius 1 is 1.37 bits per heavy atom.